The molecule has 0 saturated heterocycles. The molecule has 2 heterocycles. The molecule has 0 aliphatic carbocycles. The van der Waals surface area contributed by atoms with Gasteiger partial charge in [-0.3, -0.25) is 15.2 Å². The maximum absolute atomic E-state index is 5.56. The van der Waals surface area contributed by atoms with Gasteiger partial charge in [-0.05, 0) is 12.1 Å². The fraction of sp³-hybridized carbons (Fsp3) is 0.333. The van der Waals surface area contributed by atoms with Crippen molar-refractivity contribution in [3.05, 3.63) is 35.9 Å². The number of nitrogens with one attached hydrogen (secondary N) is 1. The summed E-state index contributed by atoms with van der Waals surface area (Å²) in [5.74, 6) is 5.56. The molecule has 6 nitrogen and oxygen atoms in total. The van der Waals surface area contributed by atoms with E-state index in [-0.39, 0.29) is 6.04 Å². The summed E-state index contributed by atoms with van der Waals surface area (Å²) in [7, 11) is 3.77. The van der Waals surface area contributed by atoms with E-state index in [1.165, 1.54) is 0 Å². The average molecular weight is 206 g/mol. The van der Waals surface area contributed by atoms with Crippen LogP contribution in [0.2, 0.25) is 0 Å². The number of hydrazine groups is 1. The number of nitrogens with two attached hydrogens (primary N) is 1. The van der Waals surface area contributed by atoms with Gasteiger partial charge in [0.05, 0.1) is 11.4 Å². The van der Waals surface area contributed by atoms with Gasteiger partial charge in [-0.1, -0.05) is 0 Å². The first-order valence-corrected chi connectivity index (χ1v) is 4.66. The third-order valence-corrected chi connectivity index (χ3v) is 2.48. The zero-order valence-electron chi connectivity index (χ0n) is 8.75. The Morgan fingerprint density at radius 2 is 1.60 bits per heavy atom. The molecule has 0 fully saturated rings. The summed E-state index contributed by atoms with van der Waals surface area (Å²) in [5.41, 5.74) is 4.77. The summed E-state index contributed by atoms with van der Waals surface area (Å²) in [5, 5.41) is 8.23. The summed E-state index contributed by atoms with van der Waals surface area (Å²) >= 11 is 0. The second-order valence-electron chi connectivity index (χ2n) is 3.36. The van der Waals surface area contributed by atoms with Gasteiger partial charge in [-0.2, -0.15) is 10.2 Å². The van der Waals surface area contributed by atoms with Crippen LogP contribution in [0.5, 0.6) is 0 Å². The number of aryl methyl sites for hydroxylation is 2. The minimum atomic E-state index is -0.0926. The quantitative estimate of drug-likeness (QED) is 0.534. The van der Waals surface area contributed by atoms with Crippen molar-refractivity contribution in [2.45, 2.75) is 6.04 Å². The summed E-state index contributed by atoms with van der Waals surface area (Å²) in [4.78, 5) is 0. The summed E-state index contributed by atoms with van der Waals surface area (Å²) in [6, 6.07) is 3.76. The maximum atomic E-state index is 5.56. The molecule has 0 atom stereocenters. The first kappa shape index (κ1) is 9.88. The molecule has 0 amide bonds. The van der Waals surface area contributed by atoms with Crippen LogP contribution < -0.4 is 11.3 Å². The normalized spacial score (nSPS) is 11.2. The predicted molar refractivity (Wildman–Crippen MR) is 55.6 cm³/mol. The van der Waals surface area contributed by atoms with E-state index in [0.717, 1.165) is 11.4 Å². The fourth-order valence-electron chi connectivity index (χ4n) is 1.66. The number of hydrogen-bond donors (Lipinski definition) is 2. The van der Waals surface area contributed by atoms with E-state index >= 15 is 0 Å². The predicted octanol–water partition coefficient (Wildman–Crippen LogP) is -0.294. The third kappa shape index (κ3) is 1.64. The molecule has 15 heavy (non-hydrogen) atoms. The molecule has 0 spiro atoms. The lowest BCUT2D eigenvalue weighted by Gasteiger charge is -2.16. The molecule has 0 aliphatic heterocycles. The molecule has 6 heteroatoms. The van der Waals surface area contributed by atoms with Crippen molar-refractivity contribution in [3.63, 3.8) is 0 Å². The fourth-order valence-corrected chi connectivity index (χ4v) is 1.66. The highest BCUT2D eigenvalue weighted by Crippen LogP contribution is 2.19. The van der Waals surface area contributed by atoms with Gasteiger partial charge in [0.15, 0.2) is 0 Å². The van der Waals surface area contributed by atoms with Gasteiger partial charge in [-0.25, -0.2) is 5.43 Å². The molecule has 2 aromatic rings. The van der Waals surface area contributed by atoms with Crippen LogP contribution in [0.4, 0.5) is 0 Å². The molecule has 0 aliphatic rings. The summed E-state index contributed by atoms with van der Waals surface area (Å²) in [6.07, 6.45) is 3.49. The van der Waals surface area contributed by atoms with Crippen LogP contribution in [-0.2, 0) is 14.1 Å². The van der Waals surface area contributed by atoms with Gasteiger partial charge in [0.25, 0.3) is 0 Å². The van der Waals surface area contributed by atoms with Crippen LogP contribution in [0.15, 0.2) is 24.5 Å². The van der Waals surface area contributed by atoms with E-state index in [0.29, 0.717) is 0 Å². The Balaban J connectivity index is 2.41. The zero-order chi connectivity index (χ0) is 10.8. The Hall–Kier alpha value is -1.66. The van der Waals surface area contributed by atoms with Gasteiger partial charge >= 0.3 is 0 Å². The van der Waals surface area contributed by atoms with Crippen molar-refractivity contribution in [2.75, 3.05) is 0 Å². The van der Waals surface area contributed by atoms with Gasteiger partial charge in [0.1, 0.15) is 6.04 Å². The summed E-state index contributed by atoms with van der Waals surface area (Å²) < 4.78 is 3.58. The Bertz CT molecular complexity index is 403. The molecule has 80 valence electrons. The molecule has 3 N–H and O–H groups in total. The van der Waals surface area contributed by atoms with Crippen molar-refractivity contribution in [3.8, 4) is 0 Å². The SMILES string of the molecule is Cn1nccc1C(NN)c1ccnn1C. The van der Waals surface area contributed by atoms with Gasteiger partial charge < -0.3 is 0 Å². The highest BCUT2D eigenvalue weighted by atomic mass is 15.3. The van der Waals surface area contributed by atoms with E-state index in [2.05, 4.69) is 15.6 Å². The van der Waals surface area contributed by atoms with E-state index < -0.39 is 0 Å². The molecule has 2 aromatic heterocycles. The van der Waals surface area contributed by atoms with E-state index in [1.807, 2.05) is 26.2 Å². The van der Waals surface area contributed by atoms with Gasteiger partial charge in [0, 0.05) is 26.5 Å². The molecule has 0 radical (unpaired) electrons. The first-order valence-electron chi connectivity index (χ1n) is 4.66. The highest BCUT2D eigenvalue weighted by Gasteiger charge is 2.18. The van der Waals surface area contributed by atoms with Crippen LogP contribution in [0.1, 0.15) is 17.4 Å². The van der Waals surface area contributed by atoms with Crippen LogP contribution >= 0.6 is 0 Å². The second-order valence-corrected chi connectivity index (χ2v) is 3.36. The Labute approximate surface area is 87.7 Å². The van der Waals surface area contributed by atoms with Gasteiger partial charge in [0.2, 0.25) is 0 Å². The Morgan fingerprint density at radius 1 is 1.13 bits per heavy atom. The van der Waals surface area contributed by atoms with Crippen molar-refractivity contribution in [2.24, 2.45) is 19.9 Å². The number of nitrogens with zero attached hydrogens (tertiary/aromatic N) is 4. The topological polar surface area (TPSA) is 73.7 Å². The largest absolute Gasteiger partial charge is 0.271 e. The highest BCUT2D eigenvalue weighted by molar-refractivity contribution is 5.20. The minimum Gasteiger partial charge on any atom is -0.271 e. The molecular weight excluding hydrogens is 192 g/mol. The second kappa shape index (κ2) is 3.84. The van der Waals surface area contributed by atoms with Crippen molar-refractivity contribution in [1.29, 1.82) is 0 Å². The average Bonchev–Trinajstić information content (AvgIpc) is 2.80. The number of aromatic nitrogens is 4. The van der Waals surface area contributed by atoms with E-state index in [4.69, 9.17) is 5.84 Å². The standard InChI is InChI=1S/C9H14N6/c1-14-7(3-5-11-14)9(13-10)8-4-6-12-15(8)2/h3-6,9,13H,10H2,1-2H3. The number of hydrogen-bond acceptors (Lipinski definition) is 4. The molecule has 2 rings (SSSR count). The Kier molecular flexibility index (Phi) is 2.53. The lowest BCUT2D eigenvalue weighted by molar-refractivity contribution is 0.535. The lowest BCUT2D eigenvalue weighted by atomic mass is 10.1. The minimum absolute atomic E-state index is 0.0926. The van der Waals surface area contributed by atoms with Crippen molar-refractivity contribution in [1.82, 2.24) is 25.0 Å². The molecular formula is C9H14N6. The monoisotopic (exact) mass is 206 g/mol. The smallest absolute Gasteiger partial charge is 0.104 e. The zero-order valence-corrected chi connectivity index (χ0v) is 8.75. The third-order valence-electron chi connectivity index (χ3n) is 2.48. The van der Waals surface area contributed by atoms with Crippen LogP contribution in [-0.4, -0.2) is 19.6 Å². The van der Waals surface area contributed by atoms with Crippen molar-refractivity contribution < 1.29 is 0 Å². The Morgan fingerprint density at radius 3 is 1.87 bits per heavy atom. The molecule has 0 bridgehead atoms. The van der Waals surface area contributed by atoms with E-state index in [9.17, 15) is 0 Å². The number of rotatable bonds is 3. The summed E-state index contributed by atoms with van der Waals surface area (Å²) in [6.45, 7) is 0. The van der Waals surface area contributed by atoms with Gasteiger partial charge in [-0.15, -0.1) is 0 Å². The molecule has 0 aromatic carbocycles. The van der Waals surface area contributed by atoms with Crippen LogP contribution in [0.25, 0.3) is 0 Å². The van der Waals surface area contributed by atoms with Crippen LogP contribution in [0, 0.1) is 0 Å². The van der Waals surface area contributed by atoms with Crippen LogP contribution in [0.3, 0.4) is 0 Å². The molecule has 0 unspecified atom stereocenters. The first-order chi connectivity index (χ1) is 7.24. The van der Waals surface area contributed by atoms with Crippen molar-refractivity contribution >= 4 is 0 Å². The van der Waals surface area contributed by atoms with E-state index in [1.54, 1.807) is 21.8 Å². The maximum Gasteiger partial charge on any atom is 0.104 e. The lowest BCUT2D eigenvalue weighted by Crippen LogP contribution is -2.31. The molecule has 0 saturated carbocycles.